The molecule has 0 radical (unpaired) electrons. The van der Waals surface area contributed by atoms with Crippen molar-refractivity contribution in [2.75, 3.05) is 65.5 Å². The highest BCUT2D eigenvalue weighted by Crippen LogP contribution is 2.62. The molecule has 1 saturated carbocycles. The molecule has 2 aromatic rings. The maximum atomic E-state index is 14.6. The molecule has 2 aliphatic heterocycles. The number of benzene rings is 2. The standard InChI is InChI=1S/C41H56N4O9S/c1-5-23-53-41-38(44(3)55(49,50)32-15-12-30(13-16-32)42-28(2)48)27-36(43-51-4)34-25-29(10-6-8-21-46)33(11-7-9-22-47)39(40(34)41)35-26-31(14-17-37(35)54-41)52-24-20-45-18-19-45/h5,12-17,25-26,29,33,38-40,46-47H,1,6-11,18-24,27H2,2-4H3,(H,42,48)/t29-,33+,38-,39+,40+,41+/m0/s1. The second-order valence-electron chi connectivity index (χ2n) is 14.9. The largest absolute Gasteiger partial charge is 0.492 e. The fourth-order valence-electron chi connectivity index (χ4n) is 8.74. The summed E-state index contributed by atoms with van der Waals surface area (Å²) in [4.78, 5) is 19.5. The summed E-state index contributed by atoms with van der Waals surface area (Å²) in [6.45, 7) is 9.17. The van der Waals surface area contributed by atoms with Gasteiger partial charge in [0.2, 0.25) is 21.7 Å². The summed E-state index contributed by atoms with van der Waals surface area (Å²) in [5, 5.41) is 26.8. The van der Waals surface area contributed by atoms with Gasteiger partial charge in [0.15, 0.2) is 0 Å². The summed E-state index contributed by atoms with van der Waals surface area (Å²) in [5.41, 5.74) is 2.94. The normalized spacial score (nSPS) is 26.4. The molecule has 2 fully saturated rings. The van der Waals surface area contributed by atoms with Gasteiger partial charge in [0.05, 0.1) is 29.2 Å². The van der Waals surface area contributed by atoms with Gasteiger partial charge in [0.25, 0.3) is 0 Å². The number of amides is 1. The van der Waals surface area contributed by atoms with E-state index in [1.54, 1.807) is 25.3 Å². The summed E-state index contributed by atoms with van der Waals surface area (Å²) < 4.78 is 50.8. The van der Waals surface area contributed by atoms with Crippen molar-refractivity contribution in [3.63, 3.8) is 0 Å². The van der Waals surface area contributed by atoms with Crippen LogP contribution in [0.4, 0.5) is 5.69 Å². The first kappa shape index (κ1) is 40.9. The van der Waals surface area contributed by atoms with E-state index in [1.165, 1.54) is 30.5 Å². The lowest BCUT2D eigenvalue weighted by Gasteiger charge is -2.59. The number of fused-ring (bicyclic) bond motifs is 2. The van der Waals surface area contributed by atoms with Crippen LogP contribution in [0.25, 0.3) is 0 Å². The fourth-order valence-corrected chi connectivity index (χ4v) is 10.1. The van der Waals surface area contributed by atoms with Crippen molar-refractivity contribution in [2.45, 2.75) is 74.5 Å². The Morgan fingerprint density at radius 2 is 1.84 bits per heavy atom. The number of nitrogens with zero attached hydrogens (tertiary/aromatic N) is 3. The molecule has 0 spiro atoms. The van der Waals surface area contributed by atoms with Gasteiger partial charge in [0, 0.05) is 70.4 Å². The lowest BCUT2D eigenvalue weighted by Crippen LogP contribution is -2.69. The first-order valence-electron chi connectivity index (χ1n) is 19.4. The number of aliphatic hydroxyl groups is 2. The molecule has 1 amide bonds. The highest BCUT2D eigenvalue weighted by atomic mass is 32.2. The number of nitrogens with one attached hydrogen (secondary N) is 1. The van der Waals surface area contributed by atoms with E-state index < -0.39 is 27.8 Å². The van der Waals surface area contributed by atoms with Gasteiger partial charge < -0.3 is 34.6 Å². The molecule has 3 N–H and O–H groups in total. The van der Waals surface area contributed by atoms with Crippen LogP contribution < -0.4 is 14.8 Å². The van der Waals surface area contributed by atoms with Crippen molar-refractivity contribution in [3.05, 3.63) is 72.3 Å². The molecule has 4 aliphatic rings. The number of anilines is 1. The molecule has 300 valence electrons. The second kappa shape index (κ2) is 18.0. The van der Waals surface area contributed by atoms with E-state index in [0.717, 1.165) is 62.2 Å². The van der Waals surface area contributed by atoms with Crippen LogP contribution >= 0.6 is 0 Å². The van der Waals surface area contributed by atoms with Gasteiger partial charge in [-0.15, -0.1) is 6.58 Å². The zero-order valence-corrected chi connectivity index (χ0v) is 33.0. The average Bonchev–Trinajstić information content (AvgIpc) is 4.00. The van der Waals surface area contributed by atoms with Crippen LogP contribution in [0, 0.1) is 17.8 Å². The molecule has 2 aliphatic carbocycles. The van der Waals surface area contributed by atoms with Gasteiger partial charge in [-0.3, -0.25) is 9.69 Å². The molecular formula is C41H56N4O9S. The monoisotopic (exact) mass is 780 g/mol. The Morgan fingerprint density at radius 1 is 1.11 bits per heavy atom. The second-order valence-corrected chi connectivity index (χ2v) is 16.9. The third-order valence-electron chi connectivity index (χ3n) is 11.4. The Morgan fingerprint density at radius 3 is 2.49 bits per heavy atom. The number of hydrogen-bond donors (Lipinski definition) is 3. The number of sulfonamides is 1. The van der Waals surface area contributed by atoms with Crippen molar-refractivity contribution < 1.29 is 42.5 Å². The summed E-state index contributed by atoms with van der Waals surface area (Å²) in [6.07, 6.45) is 8.59. The van der Waals surface area contributed by atoms with Crippen molar-refractivity contribution in [2.24, 2.45) is 22.9 Å². The van der Waals surface area contributed by atoms with E-state index in [-0.39, 0.29) is 54.8 Å². The van der Waals surface area contributed by atoms with E-state index in [9.17, 15) is 23.4 Å². The van der Waals surface area contributed by atoms with E-state index in [0.29, 0.717) is 36.6 Å². The number of carbonyl (C=O) groups excluding carboxylic acids is 1. The molecular weight excluding hydrogens is 725 g/mol. The lowest BCUT2D eigenvalue weighted by atomic mass is 9.55. The van der Waals surface area contributed by atoms with Gasteiger partial charge in [-0.1, -0.05) is 30.1 Å². The van der Waals surface area contributed by atoms with Crippen molar-refractivity contribution in [3.8, 4) is 11.5 Å². The number of likely N-dealkylation sites (N-methyl/N-ethyl adjacent to an activating group) is 1. The third-order valence-corrected chi connectivity index (χ3v) is 13.2. The third kappa shape index (κ3) is 8.79. The number of oxime groups is 1. The van der Waals surface area contributed by atoms with E-state index in [2.05, 4.69) is 34.1 Å². The van der Waals surface area contributed by atoms with Crippen LogP contribution in [-0.4, -0.2) is 112 Å². The van der Waals surface area contributed by atoms with Crippen LogP contribution in [0.5, 0.6) is 11.5 Å². The molecule has 6 atom stereocenters. The SMILES string of the molecule is C=CCO[C@@]12Oc3ccc(OCCN4CC4)cc3[C@H]3[C@H](CCCCO)[C@@H](CCCCO)C=C(C(=NOC)C[C@@H]1N(C)S(=O)(=O)c1ccc(NC(C)=O)cc1)[C@H]32. The Balaban J connectivity index is 1.52. The maximum absolute atomic E-state index is 14.6. The topological polar surface area (TPSA) is 159 Å². The predicted octanol–water partition coefficient (Wildman–Crippen LogP) is 4.92. The Hall–Kier alpha value is -3.79. The zero-order chi connectivity index (χ0) is 39.2. The average molecular weight is 781 g/mol. The summed E-state index contributed by atoms with van der Waals surface area (Å²) in [5.74, 6) is -1.07. The van der Waals surface area contributed by atoms with Gasteiger partial charge in [-0.2, -0.15) is 4.31 Å². The number of rotatable bonds is 20. The quantitative estimate of drug-likeness (QED) is 0.0729. The molecule has 0 bridgehead atoms. The van der Waals surface area contributed by atoms with E-state index >= 15 is 0 Å². The molecule has 6 rings (SSSR count). The number of aliphatic hydroxyl groups excluding tert-OH is 2. The lowest BCUT2D eigenvalue weighted by molar-refractivity contribution is -0.250. The molecule has 1 saturated heterocycles. The Labute approximate surface area is 325 Å². The highest BCUT2D eigenvalue weighted by molar-refractivity contribution is 7.89. The van der Waals surface area contributed by atoms with Crippen molar-refractivity contribution in [1.29, 1.82) is 0 Å². The molecule has 13 nitrogen and oxygen atoms in total. The molecule has 0 aromatic heterocycles. The van der Waals surface area contributed by atoms with Crippen molar-refractivity contribution >= 4 is 27.3 Å². The molecule has 2 aromatic carbocycles. The smallest absolute Gasteiger partial charge is 0.243 e. The Kier molecular flexibility index (Phi) is 13.4. The molecule has 2 heterocycles. The summed E-state index contributed by atoms with van der Waals surface area (Å²) in [7, 11) is -1.14. The van der Waals surface area contributed by atoms with Crippen LogP contribution in [0.1, 0.15) is 63.4 Å². The van der Waals surface area contributed by atoms with Gasteiger partial charge >= 0.3 is 0 Å². The van der Waals surface area contributed by atoms with Crippen LogP contribution in [0.3, 0.4) is 0 Å². The van der Waals surface area contributed by atoms with Crippen molar-refractivity contribution in [1.82, 2.24) is 9.21 Å². The Bertz CT molecular complexity index is 1830. The highest BCUT2D eigenvalue weighted by Gasteiger charge is 2.65. The zero-order valence-electron chi connectivity index (χ0n) is 32.2. The first-order chi connectivity index (χ1) is 26.6. The van der Waals surface area contributed by atoms with E-state index in [1.807, 2.05) is 12.1 Å². The number of ether oxygens (including phenoxy) is 3. The molecule has 0 unspecified atom stereocenters. The first-order valence-corrected chi connectivity index (χ1v) is 20.8. The summed E-state index contributed by atoms with van der Waals surface area (Å²) >= 11 is 0. The number of allylic oxidation sites excluding steroid dienone is 1. The molecule has 55 heavy (non-hydrogen) atoms. The van der Waals surface area contributed by atoms with Crippen LogP contribution in [-0.2, 0) is 24.4 Å². The van der Waals surface area contributed by atoms with Gasteiger partial charge in [-0.05, 0) is 85.6 Å². The van der Waals surface area contributed by atoms with Gasteiger partial charge in [0.1, 0.15) is 25.2 Å². The van der Waals surface area contributed by atoms with Crippen LogP contribution in [0.15, 0.2) is 76.8 Å². The van der Waals surface area contributed by atoms with Gasteiger partial charge in [-0.25, -0.2) is 8.42 Å². The number of carbonyl (C=O) groups is 1. The maximum Gasteiger partial charge on any atom is 0.243 e. The minimum absolute atomic E-state index is 0.0427. The minimum Gasteiger partial charge on any atom is -0.492 e. The predicted molar refractivity (Wildman–Crippen MR) is 210 cm³/mol. The molecule has 14 heteroatoms. The summed E-state index contributed by atoms with van der Waals surface area (Å²) in [6, 6.07) is 11.0. The van der Waals surface area contributed by atoms with E-state index in [4.69, 9.17) is 19.0 Å². The minimum atomic E-state index is -4.17. The fraction of sp³-hybridized carbons (Fsp3) is 0.561. The number of unbranched alkanes of at least 4 members (excludes halogenated alkanes) is 2. The number of hydrogen-bond acceptors (Lipinski definition) is 11. The van der Waals surface area contributed by atoms with Crippen LogP contribution in [0.2, 0.25) is 0 Å².